The number of nitrogens with zero attached hydrogens (tertiary/aromatic N) is 4. The van der Waals surface area contributed by atoms with E-state index in [0.29, 0.717) is 23.7 Å². The van der Waals surface area contributed by atoms with Crippen molar-refractivity contribution < 1.29 is 9.53 Å². The molecule has 0 amide bonds. The van der Waals surface area contributed by atoms with Crippen LogP contribution >= 0.6 is 0 Å². The number of anilines is 1. The zero-order chi connectivity index (χ0) is 14.1. The lowest BCUT2D eigenvalue weighted by molar-refractivity contribution is 0.0527. The molecule has 1 aliphatic carbocycles. The van der Waals surface area contributed by atoms with E-state index in [9.17, 15) is 4.79 Å². The highest BCUT2D eigenvalue weighted by Crippen LogP contribution is 2.32. The molecule has 0 radical (unpaired) electrons. The van der Waals surface area contributed by atoms with Crippen LogP contribution in [-0.2, 0) is 4.74 Å². The fraction of sp³-hybridized carbons (Fsp3) is 0.538. The van der Waals surface area contributed by atoms with Gasteiger partial charge < -0.3 is 10.5 Å². The predicted molar refractivity (Wildman–Crippen MR) is 72.4 cm³/mol. The summed E-state index contributed by atoms with van der Waals surface area (Å²) in [4.78, 5) is 20.4. The predicted octanol–water partition coefficient (Wildman–Crippen LogP) is 1.54. The molecule has 0 aromatic carbocycles. The molecule has 7 heteroatoms. The van der Waals surface area contributed by atoms with Gasteiger partial charge in [-0.3, -0.25) is 0 Å². The molecule has 7 nitrogen and oxygen atoms in total. The molecule has 1 aliphatic rings. The van der Waals surface area contributed by atoms with E-state index in [2.05, 4.69) is 15.1 Å². The van der Waals surface area contributed by atoms with Crippen molar-refractivity contribution in [3.63, 3.8) is 0 Å². The highest BCUT2D eigenvalue weighted by molar-refractivity contribution is 5.95. The number of nitrogen functional groups attached to an aromatic ring is 1. The minimum Gasteiger partial charge on any atom is -0.462 e. The lowest BCUT2D eigenvalue weighted by Gasteiger charge is -2.03. The van der Waals surface area contributed by atoms with Crippen molar-refractivity contribution >= 4 is 17.6 Å². The molecule has 106 valence electrons. The zero-order valence-electron chi connectivity index (χ0n) is 11.4. The first-order chi connectivity index (χ1) is 9.70. The van der Waals surface area contributed by atoms with Crippen molar-refractivity contribution in [1.82, 2.24) is 19.6 Å². The van der Waals surface area contributed by atoms with Crippen molar-refractivity contribution in [3.8, 4) is 0 Å². The third kappa shape index (κ3) is 2.09. The van der Waals surface area contributed by atoms with E-state index in [0.717, 1.165) is 18.7 Å². The molecule has 2 heterocycles. The molecular formula is C13H17N5O2. The highest BCUT2D eigenvalue weighted by Gasteiger charge is 2.24. The summed E-state index contributed by atoms with van der Waals surface area (Å²) >= 11 is 0. The van der Waals surface area contributed by atoms with Gasteiger partial charge in [-0.15, -0.1) is 5.10 Å². The van der Waals surface area contributed by atoms with Gasteiger partial charge in [0, 0.05) is 12.1 Å². The minimum atomic E-state index is -0.449. The second-order valence-electron chi connectivity index (χ2n) is 4.94. The standard InChI is InChI=1S/C13H17N5O2/c1-2-20-12(19)9-7-15-13(14)18-11(9)16-10(17-18)8-5-3-4-6-8/h7-8H,2-6H2,1H3,(H2,14,15). The maximum atomic E-state index is 11.9. The van der Waals surface area contributed by atoms with Gasteiger partial charge in [-0.1, -0.05) is 12.8 Å². The van der Waals surface area contributed by atoms with Gasteiger partial charge in [-0.25, -0.2) is 14.8 Å². The Morgan fingerprint density at radius 1 is 1.50 bits per heavy atom. The lowest BCUT2D eigenvalue weighted by atomic mass is 10.1. The van der Waals surface area contributed by atoms with Crippen LogP contribution in [0.15, 0.2) is 6.20 Å². The molecular weight excluding hydrogens is 258 g/mol. The second-order valence-corrected chi connectivity index (χ2v) is 4.94. The molecule has 2 aromatic rings. The average molecular weight is 275 g/mol. The molecule has 0 bridgehead atoms. The molecule has 1 fully saturated rings. The van der Waals surface area contributed by atoms with Crippen molar-refractivity contribution in [3.05, 3.63) is 17.6 Å². The number of nitrogens with two attached hydrogens (primary N) is 1. The van der Waals surface area contributed by atoms with Crippen LogP contribution in [0.1, 0.15) is 54.7 Å². The van der Waals surface area contributed by atoms with Crippen LogP contribution in [-0.4, -0.2) is 32.2 Å². The number of esters is 1. The number of rotatable bonds is 3. The Bertz CT molecular complexity index is 645. The summed E-state index contributed by atoms with van der Waals surface area (Å²) in [5.74, 6) is 0.872. The van der Waals surface area contributed by atoms with Crippen LogP contribution in [0.2, 0.25) is 0 Å². The number of carbonyl (C=O) groups is 1. The van der Waals surface area contributed by atoms with Gasteiger partial charge in [0.1, 0.15) is 5.56 Å². The van der Waals surface area contributed by atoms with Gasteiger partial charge in [0.25, 0.3) is 0 Å². The molecule has 0 atom stereocenters. The molecule has 2 aromatic heterocycles. The van der Waals surface area contributed by atoms with Crippen molar-refractivity contribution in [2.75, 3.05) is 12.3 Å². The van der Waals surface area contributed by atoms with Crippen molar-refractivity contribution in [2.24, 2.45) is 0 Å². The van der Waals surface area contributed by atoms with E-state index in [1.54, 1.807) is 6.92 Å². The largest absolute Gasteiger partial charge is 0.462 e. The van der Waals surface area contributed by atoms with Gasteiger partial charge in [0.15, 0.2) is 11.5 Å². The summed E-state index contributed by atoms with van der Waals surface area (Å²) in [7, 11) is 0. The van der Waals surface area contributed by atoms with E-state index in [1.165, 1.54) is 23.6 Å². The molecule has 0 spiro atoms. The van der Waals surface area contributed by atoms with E-state index >= 15 is 0 Å². The van der Waals surface area contributed by atoms with E-state index < -0.39 is 5.97 Å². The quantitative estimate of drug-likeness (QED) is 0.854. The van der Waals surface area contributed by atoms with Crippen LogP contribution in [0.25, 0.3) is 5.65 Å². The molecule has 0 aliphatic heterocycles. The molecule has 1 saturated carbocycles. The zero-order valence-corrected chi connectivity index (χ0v) is 11.4. The van der Waals surface area contributed by atoms with E-state index in [-0.39, 0.29) is 5.95 Å². The van der Waals surface area contributed by atoms with Crippen molar-refractivity contribution in [1.29, 1.82) is 0 Å². The summed E-state index contributed by atoms with van der Waals surface area (Å²) in [6.45, 7) is 2.06. The summed E-state index contributed by atoms with van der Waals surface area (Å²) in [5.41, 5.74) is 6.54. The molecule has 3 rings (SSSR count). The maximum absolute atomic E-state index is 11.9. The number of hydrogen-bond acceptors (Lipinski definition) is 6. The smallest absolute Gasteiger partial charge is 0.343 e. The van der Waals surface area contributed by atoms with Crippen LogP contribution in [0, 0.1) is 0 Å². The lowest BCUT2D eigenvalue weighted by Crippen LogP contribution is -2.10. The Kier molecular flexibility index (Phi) is 3.25. The minimum absolute atomic E-state index is 0.227. The normalized spacial score (nSPS) is 15.8. The van der Waals surface area contributed by atoms with Crippen LogP contribution in [0.5, 0.6) is 0 Å². The number of ether oxygens (including phenoxy) is 1. The Hall–Kier alpha value is -2.18. The molecule has 0 unspecified atom stereocenters. The maximum Gasteiger partial charge on any atom is 0.343 e. The van der Waals surface area contributed by atoms with Crippen LogP contribution < -0.4 is 5.73 Å². The van der Waals surface area contributed by atoms with Crippen molar-refractivity contribution in [2.45, 2.75) is 38.5 Å². The van der Waals surface area contributed by atoms with Gasteiger partial charge in [0.2, 0.25) is 5.95 Å². The van der Waals surface area contributed by atoms with Crippen LogP contribution in [0.4, 0.5) is 5.95 Å². The fourth-order valence-electron chi connectivity index (χ4n) is 2.61. The Morgan fingerprint density at radius 3 is 2.95 bits per heavy atom. The van der Waals surface area contributed by atoms with Gasteiger partial charge in [-0.2, -0.15) is 4.52 Å². The third-order valence-corrected chi connectivity index (χ3v) is 3.62. The number of aromatic nitrogens is 4. The first kappa shape index (κ1) is 12.8. The summed E-state index contributed by atoms with van der Waals surface area (Å²) < 4.78 is 6.44. The van der Waals surface area contributed by atoms with Gasteiger partial charge in [-0.05, 0) is 19.8 Å². The molecule has 2 N–H and O–H groups in total. The summed E-state index contributed by atoms with van der Waals surface area (Å²) in [6, 6.07) is 0. The summed E-state index contributed by atoms with van der Waals surface area (Å²) in [5, 5.41) is 4.41. The average Bonchev–Trinajstić information content (AvgIpc) is 3.08. The highest BCUT2D eigenvalue weighted by atomic mass is 16.5. The molecule has 20 heavy (non-hydrogen) atoms. The van der Waals surface area contributed by atoms with Gasteiger partial charge in [0.05, 0.1) is 6.61 Å². The molecule has 0 saturated heterocycles. The monoisotopic (exact) mass is 275 g/mol. The first-order valence-corrected chi connectivity index (χ1v) is 6.89. The van der Waals surface area contributed by atoms with E-state index in [1.807, 2.05) is 0 Å². The fourth-order valence-corrected chi connectivity index (χ4v) is 2.61. The van der Waals surface area contributed by atoms with Crippen LogP contribution in [0.3, 0.4) is 0 Å². The Balaban J connectivity index is 2.08. The van der Waals surface area contributed by atoms with Gasteiger partial charge >= 0.3 is 5.97 Å². The third-order valence-electron chi connectivity index (χ3n) is 3.62. The second kappa shape index (κ2) is 5.07. The summed E-state index contributed by atoms with van der Waals surface area (Å²) in [6.07, 6.45) is 5.95. The SMILES string of the molecule is CCOC(=O)c1cnc(N)n2nc(C3CCCC3)nc12. The topological polar surface area (TPSA) is 95.4 Å². The Labute approximate surface area is 116 Å². The number of fused-ring (bicyclic) bond motifs is 1. The van der Waals surface area contributed by atoms with E-state index in [4.69, 9.17) is 10.5 Å². The first-order valence-electron chi connectivity index (χ1n) is 6.89. The number of hydrogen-bond donors (Lipinski definition) is 1. The Morgan fingerprint density at radius 2 is 2.25 bits per heavy atom. The number of carbonyl (C=O) groups excluding carboxylic acids is 1.